The molecule has 1 heterocycles. The van der Waals surface area contributed by atoms with Crippen molar-refractivity contribution in [1.29, 1.82) is 0 Å². The maximum absolute atomic E-state index is 12.2. The van der Waals surface area contributed by atoms with Crippen molar-refractivity contribution in [2.24, 2.45) is 5.41 Å². The van der Waals surface area contributed by atoms with E-state index in [1.165, 1.54) is 0 Å². The number of carbonyl (C=O) groups excluding carboxylic acids is 1. The minimum atomic E-state index is -0.426. The molecule has 0 fully saturated rings. The molecule has 1 aromatic rings. The summed E-state index contributed by atoms with van der Waals surface area (Å²) in [6.07, 6.45) is 4.03. The second-order valence-electron chi connectivity index (χ2n) is 7.92. The van der Waals surface area contributed by atoms with Crippen LogP contribution in [0.1, 0.15) is 78.8 Å². The highest BCUT2D eigenvalue weighted by molar-refractivity contribution is 9.10. The first-order valence-electron chi connectivity index (χ1n) is 8.37. The summed E-state index contributed by atoms with van der Waals surface area (Å²) < 4.78 is 6.39. The van der Waals surface area contributed by atoms with Gasteiger partial charge >= 0.3 is 5.97 Å². The van der Waals surface area contributed by atoms with Crippen LogP contribution in [-0.4, -0.2) is 16.6 Å². The minimum absolute atomic E-state index is 0.105. The van der Waals surface area contributed by atoms with Gasteiger partial charge < -0.3 is 4.74 Å². The topological polar surface area (TPSA) is 39.2 Å². The molecule has 3 nitrogen and oxygen atoms in total. The second kappa shape index (κ2) is 8.27. The molecule has 130 valence electrons. The number of rotatable bonds is 7. The Balaban J connectivity index is 2.40. The van der Waals surface area contributed by atoms with Gasteiger partial charge in [0.2, 0.25) is 0 Å². The van der Waals surface area contributed by atoms with E-state index in [0.29, 0.717) is 5.92 Å². The predicted octanol–water partition coefficient (Wildman–Crippen LogP) is 5.88. The fourth-order valence-electron chi connectivity index (χ4n) is 2.38. The lowest BCUT2D eigenvalue weighted by molar-refractivity contribution is -0.166. The summed E-state index contributed by atoms with van der Waals surface area (Å²) >= 11 is 3.42. The summed E-state index contributed by atoms with van der Waals surface area (Å²) in [5, 5.41) is 0. The van der Waals surface area contributed by atoms with E-state index in [4.69, 9.17) is 4.74 Å². The van der Waals surface area contributed by atoms with Gasteiger partial charge in [-0.25, -0.2) is 4.98 Å². The van der Waals surface area contributed by atoms with Crippen LogP contribution in [0.15, 0.2) is 22.8 Å². The number of halogens is 1. The van der Waals surface area contributed by atoms with Crippen LogP contribution in [0.3, 0.4) is 0 Å². The zero-order valence-electron chi connectivity index (χ0n) is 15.3. The summed E-state index contributed by atoms with van der Waals surface area (Å²) in [5.74, 6) is 0.323. The van der Waals surface area contributed by atoms with Gasteiger partial charge in [-0.2, -0.15) is 0 Å². The zero-order valence-corrected chi connectivity index (χ0v) is 16.9. The molecule has 1 rings (SSSR count). The van der Waals surface area contributed by atoms with Crippen molar-refractivity contribution >= 4 is 21.9 Å². The molecule has 4 heteroatoms. The molecule has 1 unspecified atom stereocenters. The molecule has 0 saturated heterocycles. The number of aromatic nitrogens is 1. The number of hydrogen-bond donors (Lipinski definition) is 0. The molecule has 0 radical (unpaired) electrons. The van der Waals surface area contributed by atoms with Crippen LogP contribution in [0.4, 0.5) is 0 Å². The lowest BCUT2D eigenvalue weighted by Crippen LogP contribution is -2.33. The number of esters is 1. The van der Waals surface area contributed by atoms with E-state index in [9.17, 15) is 4.79 Å². The van der Waals surface area contributed by atoms with Crippen LogP contribution >= 0.6 is 15.9 Å². The summed E-state index contributed by atoms with van der Waals surface area (Å²) in [6, 6.07) is 6.04. The Hall–Kier alpha value is -0.900. The summed E-state index contributed by atoms with van der Waals surface area (Å²) in [5.41, 5.74) is 0.269. The van der Waals surface area contributed by atoms with Crippen LogP contribution in [-0.2, 0) is 9.53 Å². The van der Waals surface area contributed by atoms with Crippen LogP contribution in [0, 0.1) is 5.41 Å². The first kappa shape index (κ1) is 20.1. The number of nitrogens with zero attached hydrogens (tertiary/aromatic N) is 1. The van der Waals surface area contributed by atoms with Crippen molar-refractivity contribution < 1.29 is 9.53 Å². The maximum Gasteiger partial charge on any atom is 0.312 e. The summed E-state index contributed by atoms with van der Waals surface area (Å²) in [4.78, 5) is 16.7. The Bertz CT molecular complexity index is 520. The summed E-state index contributed by atoms with van der Waals surface area (Å²) in [6.45, 7) is 11.9. The Morgan fingerprint density at radius 1 is 1.22 bits per heavy atom. The first-order valence-corrected chi connectivity index (χ1v) is 9.16. The van der Waals surface area contributed by atoms with E-state index in [0.717, 1.165) is 36.0 Å². The molecule has 1 aromatic heterocycles. The fourth-order valence-corrected chi connectivity index (χ4v) is 2.74. The highest BCUT2D eigenvalue weighted by Gasteiger charge is 2.31. The molecule has 0 aliphatic heterocycles. The third-order valence-corrected chi connectivity index (χ3v) is 4.32. The lowest BCUT2D eigenvalue weighted by Gasteiger charge is -2.28. The largest absolute Gasteiger partial charge is 0.460 e. The van der Waals surface area contributed by atoms with Crippen molar-refractivity contribution in [3.63, 3.8) is 0 Å². The fraction of sp³-hybridized carbons (Fsp3) is 0.684. The van der Waals surface area contributed by atoms with E-state index in [2.05, 4.69) is 33.9 Å². The van der Waals surface area contributed by atoms with Crippen molar-refractivity contribution in [1.82, 2.24) is 4.98 Å². The van der Waals surface area contributed by atoms with Crippen molar-refractivity contribution in [2.75, 3.05) is 0 Å². The van der Waals surface area contributed by atoms with Gasteiger partial charge in [0.05, 0.1) is 5.41 Å². The van der Waals surface area contributed by atoms with E-state index in [1.807, 2.05) is 46.8 Å². The molecule has 0 N–H and O–H groups in total. The average Bonchev–Trinajstić information content (AvgIpc) is 2.41. The molecule has 0 aromatic carbocycles. The van der Waals surface area contributed by atoms with Crippen molar-refractivity contribution in [2.45, 2.75) is 78.7 Å². The first-order chi connectivity index (χ1) is 10.5. The van der Waals surface area contributed by atoms with Gasteiger partial charge in [-0.15, -0.1) is 0 Å². The maximum atomic E-state index is 12.2. The molecular formula is C19H30BrNO2. The average molecular weight is 384 g/mol. The monoisotopic (exact) mass is 383 g/mol. The highest BCUT2D eigenvalue weighted by Crippen LogP contribution is 2.29. The van der Waals surface area contributed by atoms with Crippen LogP contribution in [0.25, 0.3) is 0 Å². The predicted molar refractivity (Wildman–Crippen MR) is 98.4 cm³/mol. The molecule has 0 bridgehead atoms. The van der Waals surface area contributed by atoms with Gasteiger partial charge in [0, 0.05) is 5.69 Å². The smallest absolute Gasteiger partial charge is 0.312 e. The number of unbranched alkanes of at least 4 members (excludes halogenated alkanes) is 1. The zero-order chi connectivity index (χ0) is 17.7. The highest BCUT2D eigenvalue weighted by atomic mass is 79.9. The third kappa shape index (κ3) is 7.47. The van der Waals surface area contributed by atoms with Gasteiger partial charge in [-0.3, -0.25) is 4.79 Å². The van der Waals surface area contributed by atoms with Crippen molar-refractivity contribution in [3.05, 3.63) is 28.5 Å². The van der Waals surface area contributed by atoms with E-state index >= 15 is 0 Å². The second-order valence-corrected chi connectivity index (χ2v) is 8.73. The Morgan fingerprint density at radius 2 is 1.87 bits per heavy atom. The minimum Gasteiger partial charge on any atom is -0.460 e. The standard InChI is InChI=1S/C19H30BrNO2/c1-14(15-11-9-12-16(20)21-15)10-7-8-13-19(5,6)17(22)23-18(2,3)4/h9,11-12,14H,7-8,10,13H2,1-6H3. The molecule has 0 amide bonds. The van der Waals surface area contributed by atoms with Gasteiger partial charge in [-0.05, 0) is 81.4 Å². The van der Waals surface area contributed by atoms with Crippen LogP contribution in [0.2, 0.25) is 0 Å². The Labute approximate surface area is 149 Å². The molecule has 0 aliphatic carbocycles. The number of ether oxygens (including phenoxy) is 1. The SMILES string of the molecule is CC(CCCCC(C)(C)C(=O)OC(C)(C)C)c1cccc(Br)n1. The van der Waals surface area contributed by atoms with Gasteiger partial charge in [-0.1, -0.05) is 25.8 Å². The van der Waals surface area contributed by atoms with E-state index < -0.39 is 11.0 Å². The van der Waals surface area contributed by atoms with E-state index in [-0.39, 0.29) is 5.97 Å². The molecule has 23 heavy (non-hydrogen) atoms. The molecule has 0 saturated carbocycles. The number of carbonyl (C=O) groups is 1. The van der Waals surface area contributed by atoms with Crippen LogP contribution < -0.4 is 0 Å². The Morgan fingerprint density at radius 3 is 2.43 bits per heavy atom. The normalized spacial score (nSPS) is 13.7. The van der Waals surface area contributed by atoms with E-state index in [1.54, 1.807) is 0 Å². The number of pyridine rings is 1. The van der Waals surface area contributed by atoms with Gasteiger partial charge in [0.15, 0.2) is 0 Å². The molecule has 1 atom stereocenters. The van der Waals surface area contributed by atoms with Gasteiger partial charge in [0.1, 0.15) is 10.2 Å². The summed E-state index contributed by atoms with van der Waals surface area (Å²) in [7, 11) is 0. The Kier molecular flexibility index (Phi) is 7.25. The van der Waals surface area contributed by atoms with Gasteiger partial charge in [0.25, 0.3) is 0 Å². The molecular weight excluding hydrogens is 354 g/mol. The van der Waals surface area contributed by atoms with Crippen molar-refractivity contribution in [3.8, 4) is 0 Å². The van der Waals surface area contributed by atoms with Crippen LogP contribution in [0.5, 0.6) is 0 Å². The number of hydrogen-bond acceptors (Lipinski definition) is 3. The molecule has 0 aliphatic rings. The quantitative estimate of drug-likeness (QED) is 0.335. The third-order valence-electron chi connectivity index (χ3n) is 3.88. The molecule has 0 spiro atoms. The lowest BCUT2D eigenvalue weighted by atomic mass is 9.86.